The monoisotopic (exact) mass is 440 g/mol. The van der Waals surface area contributed by atoms with Crippen LogP contribution in [-0.2, 0) is 30.3 Å². The van der Waals surface area contributed by atoms with Gasteiger partial charge in [0.05, 0.1) is 19.4 Å². The van der Waals surface area contributed by atoms with Crippen LogP contribution in [0.15, 0.2) is 54.6 Å². The average molecular weight is 440 g/mol. The third kappa shape index (κ3) is 5.85. The van der Waals surface area contributed by atoms with Crippen molar-refractivity contribution in [1.82, 2.24) is 5.32 Å². The summed E-state index contributed by atoms with van der Waals surface area (Å²) in [5.74, 6) is -0.891. The number of aryl methyl sites for hydroxylation is 1. The van der Waals surface area contributed by atoms with Crippen LogP contribution < -0.4 is 15.0 Å². The lowest BCUT2D eigenvalue weighted by atomic mass is 10.0. The number of benzene rings is 2. The fourth-order valence-electron chi connectivity index (χ4n) is 3.54. The molecule has 0 spiro atoms. The van der Waals surface area contributed by atoms with Gasteiger partial charge in [-0.2, -0.15) is 0 Å². The van der Waals surface area contributed by atoms with E-state index >= 15 is 0 Å². The van der Waals surface area contributed by atoms with E-state index in [1.165, 1.54) is 12.0 Å². The molecular weight excluding hydrogens is 412 g/mol. The highest BCUT2D eigenvalue weighted by Gasteiger charge is 2.35. The molecule has 1 heterocycles. The molecule has 8 nitrogen and oxygen atoms in total. The summed E-state index contributed by atoms with van der Waals surface area (Å²) >= 11 is 0. The highest BCUT2D eigenvalue weighted by Crippen LogP contribution is 2.31. The number of amides is 1. The van der Waals surface area contributed by atoms with Gasteiger partial charge >= 0.3 is 11.9 Å². The van der Waals surface area contributed by atoms with Crippen LogP contribution in [0.2, 0.25) is 0 Å². The van der Waals surface area contributed by atoms with Crippen molar-refractivity contribution in [3.05, 3.63) is 60.2 Å². The number of nitrogens with one attached hydrogen (secondary N) is 1. The normalized spacial score (nSPS) is 16.4. The summed E-state index contributed by atoms with van der Waals surface area (Å²) in [4.78, 5) is 39.3. The number of carbonyl (C=O) groups excluding carboxylic acids is 3. The lowest BCUT2D eigenvalue weighted by molar-refractivity contribution is -0.146. The number of anilines is 1. The second-order valence-electron chi connectivity index (χ2n) is 7.33. The molecule has 2 unspecified atom stereocenters. The highest BCUT2D eigenvalue weighted by molar-refractivity contribution is 6.02. The number of nitrogens with zero attached hydrogens (tertiary/aromatic N) is 1. The Kier molecular flexibility index (Phi) is 8.21. The molecule has 8 heteroatoms. The van der Waals surface area contributed by atoms with Crippen molar-refractivity contribution >= 4 is 23.5 Å². The first-order valence-electron chi connectivity index (χ1n) is 10.6. The number of carbonyl (C=O) groups is 3. The van der Waals surface area contributed by atoms with E-state index in [4.69, 9.17) is 14.2 Å². The summed E-state index contributed by atoms with van der Waals surface area (Å²) in [6, 6.07) is 15.2. The third-order valence-electron chi connectivity index (χ3n) is 5.18. The van der Waals surface area contributed by atoms with Gasteiger partial charge in [0.25, 0.3) is 0 Å². The molecule has 170 valence electrons. The molecule has 2 atom stereocenters. The molecule has 1 N–H and O–H groups in total. The molecule has 1 amide bonds. The molecule has 3 rings (SSSR count). The number of para-hydroxylation sites is 2. The van der Waals surface area contributed by atoms with Gasteiger partial charge in [0.15, 0.2) is 0 Å². The Labute approximate surface area is 187 Å². The highest BCUT2D eigenvalue weighted by atomic mass is 16.5. The lowest BCUT2D eigenvalue weighted by Gasteiger charge is -2.26. The smallest absolute Gasteiger partial charge is 0.325 e. The van der Waals surface area contributed by atoms with E-state index in [1.807, 2.05) is 30.3 Å². The zero-order valence-corrected chi connectivity index (χ0v) is 18.3. The minimum Gasteiger partial charge on any atom is -0.489 e. The molecule has 0 aromatic heterocycles. The summed E-state index contributed by atoms with van der Waals surface area (Å²) in [6.45, 7) is 1.72. The van der Waals surface area contributed by atoms with Crippen LogP contribution in [0, 0.1) is 0 Å². The van der Waals surface area contributed by atoms with E-state index < -0.39 is 24.0 Å². The van der Waals surface area contributed by atoms with Crippen LogP contribution >= 0.6 is 0 Å². The first-order chi connectivity index (χ1) is 15.5. The number of methoxy groups -OCH3 is 1. The Bertz CT molecular complexity index is 933. The second-order valence-corrected chi connectivity index (χ2v) is 7.33. The molecule has 0 saturated heterocycles. The predicted molar refractivity (Wildman–Crippen MR) is 118 cm³/mol. The van der Waals surface area contributed by atoms with Crippen molar-refractivity contribution in [2.75, 3.05) is 31.8 Å². The van der Waals surface area contributed by atoms with Gasteiger partial charge in [-0.05, 0) is 37.5 Å². The molecule has 0 saturated carbocycles. The zero-order valence-electron chi connectivity index (χ0n) is 18.3. The maximum Gasteiger partial charge on any atom is 0.325 e. The van der Waals surface area contributed by atoms with Gasteiger partial charge in [-0.1, -0.05) is 42.5 Å². The van der Waals surface area contributed by atoms with E-state index in [1.54, 1.807) is 31.2 Å². The maximum absolute atomic E-state index is 13.4. The molecule has 2 aromatic rings. The largest absolute Gasteiger partial charge is 0.489 e. The number of ether oxygens (including phenoxy) is 3. The Morgan fingerprint density at radius 2 is 1.88 bits per heavy atom. The van der Waals surface area contributed by atoms with Gasteiger partial charge in [-0.25, -0.2) is 0 Å². The van der Waals surface area contributed by atoms with Crippen LogP contribution in [-0.4, -0.2) is 56.8 Å². The molecule has 0 aliphatic carbocycles. The minimum absolute atomic E-state index is 0.00869. The van der Waals surface area contributed by atoms with E-state index in [9.17, 15) is 14.4 Å². The number of hydrogen-bond donors (Lipinski definition) is 1. The summed E-state index contributed by atoms with van der Waals surface area (Å²) in [5, 5.41) is 3.11. The Hall–Kier alpha value is -3.39. The topological polar surface area (TPSA) is 94.2 Å². The van der Waals surface area contributed by atoms with E-state index in [0.29, 0.717) is 24.3 Å². The van der Waals surface area contributed by atoms with Crippen LogP contribution in [0.4, 0.5) is 5.69 Å². The summed E-state index contributed by atoms with van der Waals surface area (Å²) in [5.41, 5.74) is 1.55. The van der Waals surface area contributed by atoms with Crippen LogP contribution in [0.25, 0.3) is 0 Å². The standard InChI is InChI=1S/C24H28N2O6/c1-3-31-24(29)18(14-13-17-9-5-4-6-10-17)25-19-16-32-21-12-8-7-11-20(21)26(23(19)28)15-22(27)30-2/h4-12,18-19,25H,3,13-16H2,1-2H3. The van der Waals surface area contributed by atoms with Gasteiger partial charge < -0.3 is 14.2 Å². The summed E-state index contributed by atoms with van der Waals surface area (Å²) in [7, 11) is 1.27. The maximum atomic E-state index is 13.4. The van der Waals surface area contributed by atoms with Crippen molar-refractivity contribution in [2.24, 2.45) is 0 Å². The Balaban J connectivity index is 1.80. The molecule has 0 radical (unpaired) electrons. The van der Waals surface area contributed by atoms with Crippen LogP contribution in [0.5, 0.6) is 5.75 Å². The minimum atomic E-state index is -0.850. The van der Waals surface area contributed by atoms with E-state index in [0.717, 1.165) is 5.56 Å². The van der Waals surface area contributed by atoms with Crippen molar-refractivity contribution < 1.29 is 28.6 Å². The molecule has 2 aromatic carbocycles. The average Bonchev–Trinajstić information content (AvgIpc) is 2.94. The summed E-state index contributed by atoms with van der Waals surface area (Å²) in [6.07, 6.45) is 1.07. The molecule has 1 aliphatic rings. The molecule has 0 bridgehead atoms. The Morgan fingerprint density at radius 1 is 1.16 bits per heavy atom. The van der Waals surface area contributed by atoms with Crippen molar-refractivity contribution in [1.29, 1.82) is 0 Å². The van der Waals surface area contributed by atoms with Gasteiger partial charge in [0, 0.05) is 0 Å². The molecular formula is C24H28N2O6. The lowest BCUT2D eigenvalue weighted by Crippen LogP contribution is -2.55. The first-order valence-corrected chi connectivity index (χ1v) is 10.6. The van der Waals surface area contributed by atoms with Crippen LogP contribution in [0.1, 0.15) is 18.9 Å². The fraction of sp³-hybridized carbons (Fsp3) is 0.375. The zero-order chi connectivity index (χ0) is 22.9. The number of fused-ring (bicyclic) bond motifs is 1. The van der Waals surface area contributed by atoms with Crippen molar-refractivity contribution in [2.45, 2.75) is 31.8 Å². The van der Waals surface area contributed by atoms with E-state index in [2.05, 4.69) is 5.32 Å². The van der Waals surface area contributed by atoms with Crippen LogP contribution in [0.3, 0.4) is 0 Å². The first kappa shape index (κ1) is 23.3. The second kappa shape index (κ2) is 11.3. The number of esters is 2. The van der Waals surface area contributed by atoms with Gasteiger partial charge in [-0.15, -0.1) is 0 Å². The number of rotatable bonds is 9. The van der Waals surface area contributed by atoms with Gasteiger partial charge in [0.2, 0.25) is 5.91 Å². The Morgan fingerprint density at radius 3 is 2.59 bits per heavy atom. The molecule has 1 aliphatic heterocycles. The van der Waals surface area contributed by atoms with E-state index in [-0.39, 0.29) is 25.7 Å². The number of hydrogen-bond acceptors (Lipinski definition) is 7. The summed E-state index contributed by atoms with van der Waals surface area (Å²) < 4.78 is 15.8. The predicted octanol–water partition coefficient (Wildman–Crippen LogP) is 2.11. The molecule has 0 fully saturated rings. The van der Waals surface area contributed by atoms with Gasteiger partial charge in [0.1, 0.15) is 31.0 Å². The van der Waals surface area contributed by atoms with Gasteiger partial charge in [-0.3, -0.25) is 24.6 Å². The quantitative estimate of drug-likeness (QED) is 0.597. The fourth-order valence-corrected chi connectivity index (χ4v) is 3.54. The van der Waals surface area contributed by atoms with Crippen molar-refractivity contribution in [3.63, 3.8) is 0 Å². The third-order valence-corrected chi connectivity index (χ3v) is 5.18. The molecule has 32 heavy (non-hydrogen) atoms. The SMILES string of the molecule is CCOC(=O)C(CCc1ccccc1)NC1COc2ccccc2N(CC(=O)OC)C1=O. The van der Waals surface area contributed by atoms with Crippen molar-refractivity contribution in [3.8, 4) is 5.75 Å².